The number of nitrogens with one attached hydrogen (secondary N) is 2. The first-order valence-corrected chi connectivity index (χ1v) is 4.14. The summed E-state index contributed by atoms with van der Waals surface area (Å²) in [7, 11) is 0. The second kappa shape index (κ2) is 3.48. The fourth-order valence-electron chi connectivity index (χ4n) is 1.25. The zero-order valence-corrected chi connectivity index (χ0v) is 7.56. The van der Waals surface area contributed by atoms with Crippen LogP contribution in [0.3, 0.4) is 0 Å². The summed E-state index contributed by atoms with van der Waals surface area (Å²) in [6.07, 6.45) is 1.24. The molecule has 0 atom stereocenters. The van der Waals surface area contributed by atoms with Gasteiger partial charge in [0.05, 0.1) is 6.20 Å². The Morgan fingerprint density at radius 2 is 2.00 bits per heavy atom. The van der Waals surface area contributed by atoms with E-state index in [1.807, 2.05) is 0 Å². The number of carbonyl (C=O) groups excluding carboxylic acids is 3. The van der Waals surface area contributed by atoms with Crippen LogP contribution in [-0.4, -0.2) is 51.1 Å². The predicted octanol–water partition coefficient (Wildman–Crippen LogP) is -2.10. The molecule has 15 heavy (non-hydrogen) atoms. The highest BCUT2D eigenvalue weighted by molar-refractivity contribution is 6.05. The first-order chi connectivity index (χ1) is 7.16. The van der Waals surface area contributed by atoms with Crippen LogP contribution in [0.25, 0.3) is 0 Å². The van der Waals surface area contributed by atoms with Crippen molar-refractivity contribution in [1.29, 1.82) is 0 Å². The average Bonchev–Trinajstić information content (AvgIpc) is 2.67. The molecule has 1 fully saturated rings. The third-order valence-electron chi connectivity index (χ3n) is 1.87. The SMILES string of the molecule is O=C1CN(C(=O)c2cn[nH]n2)CC(=O)N1. The van der Waals surface area contributed by atoms with Crippen molar-refractivity contribution in [2.75, 3.05) is 13.1 Å². The summed E-state index contributed by atoms with van der Waals surface area (Å²) in [5.41, 5.74) is 0.0810. The van der Waals surface area contributed by atoms with E-state index in [4.69, 9.17) is 0 Å². The van der Waals surface area contributed by atoms with Crippen LogP contribution in [0.4, 0.5) is 0 Å². The van der Waals surface area contributed by atoms with Gasteiger partial charge < -0.3 is 4.90 Å². The van der Waals surface area contributed by atoms with Crippen LogP contribution in [0.15, 0.2) is 6.20 Å². The van der Waals surface area contributed by atoms with Crippen LogP contribution in [0.5, 0.6) is 0 Å². The van der Waals surface area contributed by atoms with Gasteiger partial charge in [-0.3, -0.25) is 19.7 Å². The number of rotatable bonds is 1. The van der Waals surface area contributed by atoms with Crippen molar-refractivity contribution in [2.45, 2.75) is 0 Å². The molecule has 2 heterocycles. The van der Waals surface area contributed by atoms with Crippen molar-refractivity contribution >= 4 is 17.7 Å². The van der Waals surface area contributed by atoms with Crippen molar-refractivity contribution in [3.63, 3.8) is 0 Å². The van der Waals surface area contributed by atoms with Gasteiger partial charge in [-0.2, -0.15) is 15.4 Å². The molecule has 0 radical (unpaired) electrons. The Hall–Kier alpha value is -2.25. The summed E-state index contributed by atoms with van der Waals surface area (Å²) in [6.45, 7) is -0.283. The highest BCUT2D eigenvalue weighted by atomic mass is 16.2. The van der Waals surface area contributed by atoms with Crippen molar-refractivity contribution in [3.05, 3.63) is 11.9 Å². The molecule has 1 aromatic heterocycles. The average molecular weight is 209 g/mol. The minimum Gasteiger partial charge on any atom is -0.319 e. The van der Waals surface area contributed by atoms with Crippen LogP contribution < -0.4 is 5.32 Å². The standard InChI is InChI=1S/C7H7N5O3/c13-5-2-12(3-6(14)9-5)7(15)4-1-8-11-10-4/h1H,2-3H2,(H,8,10,11)(H,9,13,14). The largest absolute Gasteiger partial charge is 0.319 e. The van der Waals surface area contributed by atoms with Crippen LogP contribution >= 0.6 is 0 Å². The topological polar surface area (TPSA) is 108 Å². The Morgan fingerprint density at radius 3 is 2.53 bits per heavy atom. The molecule has 8 nitrogen and oxygen atoms in total. The van der Waals surface area contributed by atoms with Gasteiger partial charge in [-0.25, -0.2) is 0 Å². The van der Waals surface area contributed by atoms with Crippen LogP contribution in [0.2, 0.25) is 0 Å². The molecular formula is C7H7N5O3. The first-order valence-electron chi connectivity index (χ1n) is 4.14. The minimum absolute atomic E-state index is 0.0810. The number of hydrogen-bond donors (Lipinski definition) is 2. The zero-order valence-electron chi connectivity index (χ0n) is 7.56. The third kappa shape index (κ3) is 1.82. The predicted molar refractivity (Wildman–Crippen MR) is 45.4 cm³/mol. The number of aromatic nitrogens is 3. The molecule has 0 bridgehead atoms. The summed E-state index contributed by atoms with van der Waals surface area (Å²) in [6, 6.07) is 0. The van der Waals surface area contributed by atoms with Crippen molar-refractivity contribution in [1.82, 2.24) is 25.6 Å². The second-order valence-electron chi connectivity index (χ2n) is 2.99. The van der Waals surface area contributed by atoms with Crippen LogP contribution in [0, 0.1) is 0 Å². The number of H-pyrrole nitrogens is 1. The molecule has 1 aromatic rings. The minimum atomic E-state index is -0.497. The lowest BCUT2D eigenvalue weighted by Gasteiger charge is -2.24. The van der Waals surface area contributed by atoms with E-state index >= 15 is 0 Å². The molecule has 1 saturated heterocycles. The Kier molecular flexibility index (Phi) is 2.16. The lowest BCUT2D eigenvalue weighted by atomic mass is 10.3. The molecule has 0 saturated carbocycles. The number of imide groups is 1. The third-order valence-corrected chi connectivity index (χ3v) is 1.87. The van der Waals surface area contributed by atoms with E-state index in [1.54, 1.807) is 0 Å². The van der Waals surface area contributed by atoms with Gasteiger partial charge in [0.15, 0.2) is 5.69 Å². The highest BCUT2D eigenvalue weighted by Gasteiger charge is 2.28. The van der Waals surface area contributed by atoms with Gasteiger partial charge in [-0.1, -0.05) is 0 Å². The molecule has 2 rings (SSSR count). The normalized spacial score (nSPS) is 16.4. The summed E-state index contributed by atoms with van der Waals surface area (Å²) in [5, 5.41) is 11.4. The molecule has 0 unspecified atom stereocenters. The molecule has 0 spiro atoms. The Labute approximate surface area is 83.6 Å². The van der Waals surface area contributed by atoms with Gasteiger partial charge in [0.25, 0.3) is 5.91 Å². The lowest BCUT2D eigenvalue weighted by Crippen LogP contribution is -2.53. The van der Waals surface area contributed by atoms with E-state index in [1.165, 1.54) is 6.20 Å². The molecule has 1 aliphatic rings. The van der Waals surface area contributed by atoms with Crippen molar-refractivity contribution in [3.8, 4) is 0 Å². The number of nitrogens with zero attached hydrogens (tertiary/aromatic N) is 3. The zero-order chi connectivity index (χ0) is 10.8. The fraction of sp³-hybridized carbons (Fsp3) is 0.286. The van der Waals surface area contributed by atoms with Crippen molar-refractivity contribution in [2.24, 2.45) is 0 Å². The quantitative estimate of drug-likeness (QED) is 0.515. The Bertz CT molecular complexity index is 396. The van der Waals surface area contributed by atoms with Gasteiger partial charge in [0.2, 0.25) is 11.8 Å². The molecule has 2 N–H and O–H groups in total. The number of aromatic amines is 1. The van der Waals surface area contributed by atoms with Gasteiger partial charge in [-0.15, -0.1) is 0 Å². The highest BCUT2D eigenvalue weighted by Crippen LogP contribution is 2.01. The van der Waals surface area contributed by atoms with Crippen molar-refractivity contribution < 1.29 is 14.4 Å². The van der Waals surface area contributed by atoms with E-state index < -0.39 is 17.7 Å². The molecule has 1 aliphatic heterocycles. The summed E-state index contributed by atoms with van der Waals surface area (Å²) >= 11 is 0. The maximum absolute atomic E-state index is 11.6. The summed E-state index contributed by atoms with van der Waals surface area (Å²) in [4.78, 5) is 34.7. The van der Waals surface area contributed by atoms with E-state index in [2.05, 4.69) is 20.7 Å². The number of piperazine rings is 1. The molecule has 3 amide bonds. The van der Waals surface area contributed by atoms with E-state index in [-0.39, 0.29) is 18.8 Å². The maximum atomic E-state index is 11.6. The Morgan fingerprint density at radius 1 is 1.33 bits per heavy atom. The Balaban J connectivity index is 2.14. The molecule has 78 valence electrons. The molecule has 8 heteroatoms. The lowest BCUT2D eigenvalue weighted by molar-refractivity contribution is -0.135. The van der Waals surface area contributed by atoms with Gasteiger partial charge in [-0.05, 0) is 0 Å². The van der Waals surface area contributed by atoms with E-state index in [9.17, 15) is 14.4 Å². The number of amides is 3. The molecule has 0 aliphatic carbocycles. The summed E-state index contributed by atoms with van der Waals surface area (Å²) < 4.78 is 0. The van der Waals surface area contributed by atoms with Gasteiger partial charge in [0.1, 0.15) is 13.1 Å². The van der Waals surface area contributed by atoms with Gasteiger partial charge >= 0.3 is 0 Å². The first kappa shape index (κ1) is 9.31. The van der Waals surface area contributed by atoms with E-state index in [0.717, 1.165) is 4.90 Å². The molecular weight excluding hydrogens is 202 g/mol. The maximum Gasteiger partial charge on any atom is 0.276 e. The second-order valence-corrected chi connectivity index (χ2v) is 2.99. The van der Waals surface area contributed by atoms with Crippen LogP contribution in [0.1, 0.15) is 10.5 Å². The monoisotopic (exact) mass is 209 g/mol. The van der Waals surface area contributed by atoms with Gasteiger partial charge in [0, 0.05) is 0 Å². The molecule has 0 aromatic carbocycles. The smallest absolute Gasteiger partial charge is 0.276 e. The van der Waals surface area contributed by atoms with E-state index in [0.29, 0.717) is 0 Å². The number of hydrogen-bond acceptors (Lipinski definition) is 5. The summed E-state index contributed by atoms with van der Waals surface area (Å²) in [5.74, 6) is -1.49. The van der Waals surface area contributed by atoms with Crippen LogP contribution in [-0.2, 0) is 9.59 Å². The fourth-order valence-corrected chi connectivity index (χ4v) is 1.25. The number of carbonyl (C=O) groups is 3.